The maximum atomic E-state index is 13.3. The first-order valence-electron chi connectivity index (χ1n) is 10.4. The Labute approximate surface area is 203 Å². The lowest BCUT2D eigenvalue weighted by atomic mass is 10.1. The fourth-order valence-corrected chi connectivity index (χ4v) is 4.67. The molecular formula is C25H23ClN2O5S. The van der Waals surface area contributed by atoms with Crippen LogP contribution in [0.5, 0.6) is 0 Å². The molecule has 0 bridgehead atoms. The Morgan fingerprint density at radius 1 is 0.912 bits per heavy atom. The van der Waals surface area contributed by atoms with Gasteiger partial charge in [-0.25, -0.2) is 8.42 Å². The predicted molar refractivity (Wildman–Crippen MR) is 129 cm³/mol. The number of nitrogens with zero attached hydrogens (tertiary/aromatic N) is 2. The molecule has 2 heterocycles. The summed E-state index contributed by atoms with van der Waals surface area (Å²) >= 11 is 5.86. The summed E-state index contributed by atoms with van der Waals surface area (Å²) in [6, 6.07) is 19.7. The van der Waals surface area contributed by atoms with Gasteiger partial charge < -0.3 is 18.6 Å². The number of carbonyl (C=O) groups excluding carboxylic acids is 1. The fourth-order valence-electron chi connectivity index (χ4n) is 3.38. The van der Waals surface area contributed by atoms with Crippen LogP contribution >= 0.6 is 11.6 Å². The van der Waals surface area contributed by atoms with Crippen molar-refractivity contribution in [2.24, 2.45) is 0 Å². The Kier molecular flexibility index (Phi) is 6.81. The van der Waals surface area contributed by atoms with Crippen LogP contribution in [-0.4, -0.2) is 33.3 Å². The van der Waals surface area contributed by atoms with Crippen LogP contribution in [0.2, 0.25) is 5.02 Å². The molecule has 1 amide bonds. The van der Waals surface area contributed by atoms with Gasteiger partial charge in [-0.15, -0.1) is 0 Å². The van der Waals surface area contributed by atoms with E-state index in [9.17, 15) is 13.2 Å². The minimum absolute atomic E-state index is 0.0265. The van der Waals surface area contributed by atoms with E-state index < -0.39 is 15.7 Å². The van der Waals surface area contributed by atoms with Gasteiger partial charge in [0, 0.05) is 31.4 Å². The number of halogens is 1. The van der Waals surface area contributed by atoms with Crippen LogP contribution in [0.1, 0.15) is 21.9 Å². The van der Waals surface area contributed by atoms with E-state index in [0.29, 0.717) is 10.8 Å². The van der Waals surface area contributed by atoms with Crippen molar-refractivity contribution in [1.82, 2.24) is 4.90 Å². The SMILES string of the molecule is CN(C)c1ccc(CN(Cc2ccco2)C(=O)c2ccc(S(=O)(=O)c3ccc(Cl)cc3)o2)cc1. The second kappa shape index (κ2) is 9.79. The quantitative estimate of drug-likeness (QED) is 0.329. The molecule has 0 N–H and O–H groups in total. The number of rotatable bonds is 8. The van der Waals surface area contributed by atoms with Crippen molar-refractivity contribution in [2.45, 2.75) is 23.1 Å². The molecule has 176 valence electrons. The average Bonchev–Trinajstić information content (AvgIpc) is 3.52. The fraction of sp³-hybridized carbons (Fsp3) is 0.160. The molecule has 9 heteroatoms. The third-order valence-corrected chi connectivity index (χ3v) is 7.11. The molecule has 0 radical (unpaired) electrons. The number of sulfone groups is 1. The zero-order valence-electron chi connectivity index (χ0n) is 18.6. The molecule has 0 saturated carbocycles. The van der Waals surface area contributed by atoms with Crippen LogP contribution < -0.4 is 4.90 Å². The third kappa shape index (κ3) is 5.18. The summed E-state index contributed by atoms with van der Waals surface area (Å²) in [5, 5.41) is 0.105. The first-order valence-corrected chi connectivity index (χ1v) is 12.3. The summed E-state index contributed by atoms with van der Waals surface area (Å²) in [6.45, 7) is 0.481. The molecule has 4 aromatic rings. The molecule has 0 aliphatic heterocycles. The number of hydrogen-bond donors (Lipinski definition) is 0. The molecule has 0 atom stereocenters. The molecule has 2 aromatic heterocycles. The number of furan rings is 2. The van der Waals surface area contributed by atoms with Crippen molar-refractivity contribution in [2.75, 3.05) is 19.0 Å². The summed E-state index contributed by atoms with van der Waals surface area (Å²) in [6.07, 6.45) is 1.54. The van der Waals surface area contributed by atoms with Crippen molar-refractivity contribution in [3.05, 3.63) is 101 Å². The number of hydrogen-bond acceptors (Lipinski definition) is 6. The molecule has 0 aliphatic carbocycles. The van der Waals surface area contributed by atoms with Crippen molar-refractivity contribution >= 4 is 33.0 Å². The van der Waals surface area contributed by atoms with Crippen LogP contribution in [0.4, 0.5) is 5.69 Å². The van der Waals surface area contributed by atoms with Gasteiger partial charge in [0.25, 0.3) is 5.91 Å². The molecule has 4 rings (SSSR count). The smallest absolute Gasteiger partial charge is 0.290 e. The van der Waals surface area contributed by atoms with E-state index in [-0.39, 0.29) is 28.8 Å². The second-order valence-corrected chi connectivity index (χ2v) is 10.2. The van der Waals surface area contributed by atoms with Crippen molar-refractivity contribution in [3.63, 3.8) is 0 Å². The standard InChI is InChI=1S/C25H23ClN2O5S/c1-27(2)20-9-5-18(6-10-20)16-28(17-21-4-3-15-32-21)25(29)23-13-14-24(33-23)34(30,31)22-11-7-19(26)8-12-22/h3-15H,16-17H2,1-2H3. The lowest BCUT2D eigenvalue weighted by molar-refractivity contribution is 0.0679. The van der Waals surface area contributed by atoms with Crippen LogP contribution in [-0.2, 0) is 22.9 Å². The zero-order chi connectivity index (χ0) is 24.3. The highest BCUT2D eigenvalue weighted by molar-refractivity contribution is 7.91. The molecule has 0 fully saturated rings. The van der Waals surface area contributed by atoms with Gasteiger partial charge in [0.1, 0.15) is 5.76 Å². The summed E-state index contributed by atoms with van der Waals surface area (Å²) < 4.78 is 36.8. The molecule has 34 heavy (non-hydrogen) atoms. The van der Waals surface area contributed by atoms with Gasteiger partial charge >= 0.3 is 0 Å². The molecule has 7 nitrogen and oxygen atoms in total. The van der Waals surface area contributed by atoms with Crippen LogP contribution in [0, 0.1) is 0 Å². The molecule has 0 unspecified atom stereocenters. The van der Waals surface area contributed by atoms with Crippen molar-refractivity contribution < 1.29 is 22.0 Å². The van der Waals surface area contributed by atoms with Gasteiger partial charge in [-0.2, -0.15) is 0 Å². The van der Waals surface area contributed by atoms with E-state index in [1.807, 2.05) is 43.3 Å². The Morgan fingerprint density at radius 2 is 1.62 bits per heavy atom. The highest BCUT2D eigenvalue weighted by Crippen LogP contribution is 2.26. The van der Waals surface area contributed by atoms with Gasteiger partial charge in [-0.05, 0) is 66.2 Å². The highest BCUT2D eigenvalue weighted by Gasteiger charge is 2.26. The average molecular weight is 499 g/mol. The second-order valence-electron chi connectivity index (χ2n) is 7.88. The van der Waals surface area contributed by atoms with E-state index in [1.165, 1.54) is 42.7 Å². The van der Waals surface area contributed by atoms with Crippen LogP contribution in [0.25, 0.3) is 0 Å². The minimum Gasteiger partial charge on any atom is -0.467 e. The first kappa shape index (κ1) is 23.7. The third-order valence-electron chi connectivity index (χ3n) is 5.22. The lowest BCUT2D eigenvalue weighted by Crippen LogP contribution is -2.29. The van der Waals surface area contributed by atoms with E-state index in [2.05, 4.69) is 0 Å². The molecule has 0 aliphatic rings. The summed E-state index contributed by atoms with van der Waals surface area (Å²) in [5.41, 5.74) is 1.95. The summed E-state index contributed by atoms with van der Waals surface area (Å²) in [5.74, 6) is 0.0634. The van der Waals surface area contributed by atoms with Gasteiger partial charge in [0.05, 0.1) is 17.7 Å². The van der Waals surface area contributed by atoms with Crippen molar-refractivity contribution in [3.8, 4) is 0 Å². The Balaban J connectivity index is 1.60. The van der Waals surface area contributed by atoms with Crippen molar-refractivity contribution in [1.29, 1.82) is 0 Å². The van der Waals surface area contributed by atoms with E-state index >= 15 is 0 Å². The Bertz CT molecular complexity index is 1360. The van der Waals surface area contributed by atoms with E-state index in [1.54, 1.807) is 17.0 Å². The van der Waals surface area contributed by atoms with E-state index in [0.717, 1.165) is 11.3 Å². The highest BCUT2D eigenvalue weighted by atomic mass is 35.5. The maximum Gasteiger partial charge on any atom is 0.290 e. The summed E-state index contributed by atoms with van der Waals surface area (Å²) in [7, 11) is -0.0297. The van der Waals surface area contributed by atoms with Gasteiger partial charge in [-0.3, -0.25) is 4.79 Å². The summed E-state index contributed by atoms with van der Waals surface area (Å²) in [4.78, 5) is 16.9. The normalized spacial score (nSPS) is 11.4. The monoisotopic (exact) mass is 498 g/mol. The predicted octanol–water partition coefficient (Wildman–Crippen LogP) is 5.27. The van der Waals surface area contributed by atoms with Gasteiger partial charge in [-0.1, -0.05) is 23.7 Å². The molecule has 2 aromatic carbocycles. The first-order chi connectivity index (χ1) is 16.2. The number of benzene rings is 2. The Morgan fingerprint density at radius 3 is 2.24 bits per heavy atom. The lowest BCUT2D eigenvalue weighted by Gasteiger charge is -2.21. The zero-order valence-corrected chi connectivity index (χ0v) is 20.2. The van der Waals surface area contributed by atoms with Gasteiger partial charge in [0.15, 0.2) is 5.76 Å². The topological polar surface area (TPSA) is 84.0 Å². The van der Waals surface area contributed by atoms with Gasteiger partial charge in [0.2, 0.25) is 14.9 Å². The number of amides is 1. The van der Waals surface area contributed by atoms with Crippen LogP contribution in [0.15, 0.2) is 97.9 Å². The Hall–Kier alpha value is -3.49. The molecular weight excluding hydrogens is 476 g/mol. The largest absolute Gasteiger partial charge is 0.467 e. The number of anilines is 1. The minimum atomic E-state index is -3.94. The molecule has 0 saturated heterocycles. The van der Waals surface area contributed by atoms with Crippen LogP contribution in [0.3, 0.4) is 0 Å². The maximum absolute atomic E-state index is 13.3. The number of carbonyl (C=O) groups is 1. The van der Waals surface area contributed by atoms with E-state index in [4.69, 9.17) is 20.4 Å². The molecule has 0 spiro atoms.